The monoisotopic (exact) mass is 329 g/mol. The van der Waals surface area contributed by atoms with Crippen molar-refractivity contribution in [1.29, 1.82) is 0 Å². The number of aromatic nitrogens is 2. The molecule has 126 valence electrons. The van der Waals surface area contributed by atoms with Gasteiger partial charge in [0.15, 0.2) is 0 Å². The summed E-state index contributed by atoms with van der Waals surface area (Å²) in [6.45, 7) is 1.87. The highest BCUT2D eigenvalue weighted by atomic mass is 19.1. The van der Waals surface area contributed by atoms with Crippen LogP contribution in [0.2, 0.25) is 0 Å². The molecule has 5 nitrogen and oxygen atoms in total. The molecule has 0 saturated heterocycles. The molecule has 1 N–H and O–H groups in total. The quantitative estimate of drug-likeness (QED) is 0.935. The van der Waals surface area contributed by atoms with Gasteiger partial charge in [-0.2, -0.15) is 5.10 Å². The molecular weight excluding hydrogens is 309 g/mol. The maximum atomic E-state index is 13.0. The van der Waals surface area contributed by atoms with Gasteiger partial charge in [0.1, 0.15) is 5.82 Å². The molecule has 1 heterocycles. The van der Waals surface area contributed by atoms with E-state index in [0.29, 0.717) is 19.3 Å². The molecule has 1 aromatic heterocycles. The summed E-state index contributed by atoms with van der Waals surface area (Å²) < 4.78 is 14.3. The topological polar surface area (TPSA) is 64.0 Å². The number of nitrogens with zero attached hydrogens (tertiary/aromatic N) is 2. The minimum atomic E-state index is -0.296. The number of hydrogen-bond acceptors (Lipinski definition) is 3. The molecule has 24 heavy (non-hydrogen) atoms. The Balaban J connectivity index is 1.68. The first-order valence-corrected chi connectivity index (χ1v) is 8.06. The second-order valence-electron chi connectivity index (χ2n) is 6.30. The standard InChI is InChI=1S/C18H20FN3O2/c1-11(12-3-6-15(19)7-4-12)20-18(24)13-5-8-16-14(9-13)10-17(23)22(2)21-16/h3-4,6-7,10-11,13H,5,8-9H2,1-2H3,(H,20,24)/t11-,13+/m0/s1. The zero-order valence-corrected chi connectivity index (χ0v) is 13.8. The summed E-state index contributed by atoms with van der Waals surface area (Å²) in [5, 5.41) is 7.24. The lowest BCUT2D eigenvalue weighted by Crippen LogP contribution is -2.36. The molecule has 3 rings (SSSR count). The Morgan fingerprint density at radius 2 is 2.08 bits per heavy atom. The van der Waals surface area contributed by atoms with Crippen molar-refractivity contribution in [3.8, 4) is 0 Å². The van der Waals surface area contributed by atoms with Crippen molar-refractivity contribution in [2.75, 3.05) is 0 Å². The largest absolute Gasteiger partial charge is 0.349 e. The van der Waals surface area contributed by atoms with Gasteiger partial charge in [0, 0.05) is 19.0 Å². The van der Waals surface area contributed by atoms with Crippen LogP contribution >= 0.6 is 0 Å². The van der Waals surface area contributed by atoms with Crippen LogP contribution < -0.4 is 10.9 Å². The Morgan fingerprint density at radius 1 is 1.38 bits per heavy atom. The predicted molar refractivity (Wildman–Crippen MR) is 88.0 cm³/mol. The molecule has 1 aliphatic carbocycles. The van der Waals surface area contributed by atoms with E-state index in [0.717, 1.165) is 16.8 Å². The summed E-state index contributed by atoms with van der Waals surface area (Å²) in [6, 6.07) is 7.49. The van der Waals surface area contributed by atoms with Gasteiger partial charge in [0.25, 0.3) is 5.56 Å². The number of rotatable bonds is 3. The first-order chi connectivity index (χ1) is 11.4. The second kappa shape index (κ2) is 6.55. The Hall–Kier alpha value is -2.50. The minimum Gasteiger partial charge on any atom is -0.349 e. The van der Waals surface area contributed by atoms with Crippen molar-refractivity contribution in [3.05, 3.63) is 63.3 Å². The maximum absolute atomic E-state index is 13.0. The number of carbonyl (C=O) groups excluding carboxylic acids is 1. The van der Waals surface area contributed by atoms with Crippen LogP contribution in [0.1, 0.15) is 36.2 Å². The van der Waals surface area contributed by atoms with Crippen molar-refractivity contribution in [3.63, 3.8) is 0 Å². The number of amides is 1. The van der Waals surface area contributed by atoms with Crippen molar-refractivity contribution in [2.24, 2.45) is 13.0 Å². The Morgan fingerprint density at radius 3 is 2.79 bits per heavy atom. The summed E-state index contributed by atoms with van der Waals surface area (Å²) >= 11 is 0. The summed E-state index contributed by atoms with van der Waals surface area (Å²) in [6.07, 6.45) is 1.92. The number of nitrogens with one attached hydrogen (secondary N) is 1. The minimum absolute atomic E-state index is 0.0434. The van der Waals surface area contributed by atoms with Crippen LogP contribution in [0.15, 0.2) is 35.1 Å². The number of hydrogen-bond donors (Lipinski definition) is 1. The lowest BCUT2D eigenvalue weighted by Gasteiger charge is -2.25. The molecule has 0 spiro atoms. The van der Waals surface area contributed by atoms with Crippen molar-refractivity contribution in [1.82, 2.24) is 15.1 Å². The molecule has 2 atom stereocenters. The second-order valence-corrected chi connectivity index (χ2v) is 6.30. The van der Waals surface area contributed by atoms with E-state index in [4.69, 9.17) is 0 Å². The van der Waals surface area contributed by atoms with Crippen LogP contribution in [0.5, 0.6) is 0 Å². The van der Waals surface area contributed by atoms with Gasteiger partial charge in [-0.05, 0) is 49.4 Å². The van der Waals surface area contributed by atoms with E-state index in [1.165, 1.54) is 16.8 Å². The zero-order valence-electron chi connectivity index (χ0n) is 13.8. The number of halogens is 1. The average Bonchev–Trinajstić information content (AvgIpc) is 2.56. The molecule has 0 radical (unpaired) electrons. The molecule has 6 heteroatoms. The van der Waals surface area contributed by atoms with E-state index in [1.807, 2.05) is 6.92 Å². The summed E-state index contributed by atoms with van der Waals surface area (Å²) in [7, 11) is 1.63. The molecule has 1 amide bonds. The number of carbonyl (C=O) groups is 1. The van der Waals surface area contributed by atoms with Crippen LogP contribution in [0.4, 0.5) is 4.39 Å². The van der Waals surface area contributed by atoms with Crippen LogP contribution in [-0.2, 0) is 24.7 Å². The Bertz CT molecular complexity index is 814. The molecule has 0 saturated carbocycles. The van der Waals surface area contributed by atoms with Gasteiger partial charge in [-0.1, -0.05) is 12.1 Å². The summed E-state index contributed by atoms with van der Waals surface area (Å²) in [4.78, 5) is 24.2. The highest BCUT2D eigenvalue weighted by molar-refractivity contribution is 5.79. The number of fused-ring (bicyclic) bond motifs is 1. The highest BCUT2D eigenvalue weighted by Crippen LogP contribution is 2.24. The molecule has 2 aromatic rings. The smallest absolute Gasteiger partial charge is 0.266 e. The molecule has 0 bridgehead atoms. The molecule has 1 aliphatic rings. The maximum Gasteiger partial charge on any atom is 0.266 e. The van der Waals surface area contributed by atoms with Gasteiger partial charge in [-0.25, -0.2) is 9.07 Å². The van der Waals surface area contributed by atoms with E-state index < -0.39 is 0 Å². The van der Waals surface area contributed by atoms with Gasteiger partial charge < -0.3 is 5.32 Å². The third kappa shape index (κ3) is 3.37. The fourth-order valence-electron chi connectivity index (χ4n) is 3.08. The first-order valence-electron chi connectivity index (χ1n) is 8.06. The predicted octanol–water partition coefficient (Wildman–Crippen LogP) is 1.90. The van der Waals surface area contributed by atoms with E-state index >= 15 is 0 Å². The van der Waals surface area contributed by atoms with E-state index in [1.54, 1.807) is 25.2 Å². The molecule has 0 unspecified atom stereocenters. The normalized spacial score (nSPS) is 17.9. The van der Waals surface area contributed by atoms with Crippen molar-refractivity contribution >= 4 is 5.91 Å². The Kier molecular flexibility index (Phi) is 4.46. The fourth-order valence-corrected chi connectivity index (χ4v) is 3.08. The lowest BCUT2D eigenvalue weighted by molar-refractivity contribution is -0.126. The Labute approximate surface area is 139 Å². The highest BCUT2D eigenvalue weighted by Gasteiger charge is 2.27. The fraction of sp³-hybridized carbons (Fsp3) is 0.389. The van der Waals surface area contributed by atoms with E-state index in [2.05, 4.69) is 10.4 Å². The SMILES string of the molecule is C[C@H](NC(=O)[C@@H]1CCc2nn(C)c(=O)cc2C1)c1ccc(F)cc1. The summed E-state index contributed by atoms with van der Waals surface area (Å²) in [5.74, 6) is -0.511. The van der Waals surface area contributed by atoms with E-state index in [9.17, 15) is 14.0 Å². The summed E-state index contributed by atoms with van der Waals surface area (Å²) in [5.41, 5.74) is 2.46. The van der Waals surface area contributed by atoms with Gasteiger partial charge in [0.05, 0.1) is 11.7 Å². The third-order valence-corrected chi connectivity index (χ3v) is 4.55. The van der Waals surface area contributed by atoms with Gasteiger partial charge in [-0.3, -0.25) is 9.59 Å². The van der Waals surface area contributed by atoms with Crippen LogP contribution in [0.3, 0.4) is 0 Å². The first kappa shape index (κ1) is 16.4. The van der Waals surface area contributed by atoms with E-state index in [-0.39, 0.29) is 29.2 Å². The van der Waals surface area contributed by atoms with Gasteiger partial charge in [-0.15, -0.1) is 0 Å². The lowest BCUT2D eigenvalue weighted by atomic mass is 9.86. The number of benzene rings is 1. The molecule has 0 fully saturated rings. The van der Waals surface area contributed by atoms with Crippen LogP contribution in [-0.4, -0.2) is 15.7 Å². The third-order valence-electron chi connectivity index (χ3n) is 4.55. The molecule has 1 aromatic carbocycles. The van der Waals surface area contributed by atoms with Gasteiger partial charge in [0.2, 0.25) is 5.91 Å². The average molecular weight is 329 g/mol. The van der Waals surface area contributed by atoms with Crippen LogP contribution in [0, 0.1) is 11.7 Å². The number of aryl methyl sites for hydroxylation is 2. The van der Waals surface area contributed by atoms with Gasteiger partial charge >= 0.3 is 0 Å². The van der Waals surface area contributed by atoms with Crippen molar-refractivity contribution < 1.29 is 9.18 Å². The molecular formula is C18H20FN3O2. The van der Waals surface area contributed by atoms with Crippen LogP contribution in [0.25, 0.3) is 0 Å². The van der Waals surface area contributed by atoms with Crippen molar-refractivity contribution in [2.45, 2.75) is 32.2 Å². The molecule has 0 aliphatic heterocycles. The zero-order chi connectivity index (χ0) is 17.3.